The average Bonchev–Trinajstić information content (AvgIpc) is 2.55. The molecule has 0 aliphatic heterocycles. The van der Waals surface area contributed by atoms with Crippen molar-refractivity contribution >= 4 is 17.4 Å². The van der Waals surface area contributed by atoms with Crippen molar-refractivity contribution in [2.24, 2.45) is 0 Å². The van der Waals surface area contributed by atoms with Crippen LogP contribution in [0.1, 0.15) is 24.2 Å². The smallest absolute Gasteiger partial charge is 0.265 e. The summed E-state index contributed by atoms with van der Waals surface area (Å²) in [5.74, 6) is 0.911. The number of hydrogen-bond acceptors (Lipinski definition) is 4. The summed E-state index contributed by atoms with van der Waals surface area (Å²) in [7, 11) is 1.57. The second-order valence-corrected chi connectivity index (χ2v) is 5.06. The summed E-state index contributed by atoms with van der Waals surface area (Å²) in [6.07, 6.45) is -0.677. The predicted molar refractivity (Wildman–Crippen MR) is 88.2 cm³/mol. The number of hydrogen-bond donors (Lipinski definition) is 1. The number of nitrogens with one attached hydrogen (secondary N) is 1. The number of carbonyl (C=O) groups excluding carboxylic acids is 2. The molecule has 2 aromatic rings. The minimum absolute atomic E-state index is 0.0135. The van der Waals surface area contributed by atoms with Crippen molar-refractivity contribution in [1.29, 1.82) is 0 Å². The van der Waals surface area contributed by atoms with Crippen LogP contribution in [-0.2, 0) is 4.79 Å². The Morgan fingerprint density at radius 1 is 1.04 bits per heavy atom. The number of anilines is 1. The summed E-state index contributed by atoms with van der Waals surface area (Å²) < 4.78 is 10.7. The van der Waals surface area contributed by atoms with Gasteiger partial charge in [-0.15, -0.1) is 0 Å². The second-order valence-electron chi connectivity index (χ2n) is 5.06. The molecule has 0 aliphatic rings. The van der Waals surface area contributed by atoms with E-state index in [-0.39, 0.29) is 11.7 Å². The predicted octanol–water partition coefficient (Wildman–Crippen LogP) is 3.30. The lowest BCUT2D eigenvalue weighted by Gasteiger charge is -2.15. The van der Waals surface area contributed by atoms with Gasteiger partial charge in [-0.1, -0.05) is 6.07 Å². The van der Waals surface area contributed by atoms with Gasteiger partial charge in [0.15, 0.2) is 11.9 Å². The van der Waals surface area contributed by atoms with Crippen LogP contribution < -0.4 is 14.8 Å². The van der Waals surface area contributed by atoms with Crippen LogP contribution in [0, 0.1) is 0 Å². The van der Waals surface area contributed by atoms with Gasteiger partial charge in [0.2, 0.25) is 0 Å². The molecule has 2 aromatic carbocycles. The van der Waals surface area contributed by atoms with Crippen molar-refractivity contribution in [3.63, 3.8) is 0 Å². The Morgan fingerprint density at radius 2 is 1.74 bits per heavy atom. The standard InChI is InChI=1S/C18H19NO4/c1-12(20)14-7-9-16(10-8-14)23-13(2)18(21)19-15-5-4-6-17(11-15)22-3/h4-11,13H,1-3H3,(H,19,21)/t13-/m0/s1. The van der Waals surface area contributed by atoms with Gasteiger partial charge < -0.3 is 14.8 Å². The fourth-order valence-electron chi connectivity index (χ4n) is 1.97. The van der Waals surface area contributed by atoms with Crippen LogP contribution in [0.25, 0.3) is 0 Å². The fourth-order valence-corrected chi connectivity index (χ4v) is 1.97. The van der Waals surface area contributed by atoms with E-state index in [1.165, 1.54) is 6.92 Å². The van der Waals surface area contributed by atoms with Crippen LogP contribution in [0.5, 0.6) is 11.5 Å². The molecule has 0 radical (unpaired) electrons. The van der Waals surface area contributed by atoms with Crippen LogP contribution in [0.2, 0.25) is 0 Å². The maximum atomic E-state index is 12.2. The monoisotopic (exact) mass is 313 g/mol. The zero-order valence-electron chi connectivity index (χ0n) is 13.3. The summed E-state index contributed by atoms with van der Waals surface area (Å²) in [5, 5.41) is 2.77. The molecule has 0 saturated heterocycles. The van der Waals surface area contributed by atoms with E-state index in [1.54, 1.807) is 62.6 Å². The normalized spacial score (nSPS) is 11.4. The summed E-state index contributed by atoms with van der Waals surface area (Å²) in [5.41, 5.74) is 1.24. The van der Waals surface area contributed by atoms with Gasteiger partial charge in [-0.2, -0.15) is 0 Å². The molecule has 0 saturated carbocycles. The van der Waals surface area contributed by atoms with Gasteiger partial charge in [-0.05, 0) is 50.2 Å². The van der Waals surface area contributed by atoms with Gasteiger partial charge in [0, 0.05) is 17.3 Å². The molecule has 23 heavy (non-hydrogen) atoms. The van der Waals surface area contributed by atoms with Crippen molar-refractivity contribution in [2.75, 3.05) is 12.4 Å². The van der Waals surface area contributed by atoms with Crippen LogP contribution in [0.15, 0.2) is 48.5 Å². The highest BCUT2D eigenvalue weighted by molar-refractivity contribution is 5.95. The van der Waals surface area contributed by atoms with Crippen LogP contribution in [0.4, 0.5) is 5.69 Å². The summed E-state index contributed by atoms with van der Waals surface area (Å²) >= 11 is 0. The Hall–Kier alpha value is -2.82. The molecule has 0 spiro atoms. The number of ether oxygens (including phenoxy) is 2. The van der Waals surface area contributed by atoms with E-state index in [9.17, 15) is 9.59 Å². The molecule has 0 bridgehead atoms. The molecule has 120 valence electrons. The molecular formula is C18H19NO4. The summed E-state index contributed by atoms with van der Waals surface area (Å²) in [6.45, 7) is 3.16. The number of methoxy groups -OCH3 is 1. The van der Waals surface area contributed by atoms with Gasteiger partial charge in [0.25, 0.3) is 5.91 Å². The van der Waals surface area contributed by atoms with E-state index in [1.807, 2.05) is 0 Å². The molecule has 0 aliphatic carbocycles. The third-order valence-corrected chi connectivity index (χ3v) is 3.28. The molecule has 1 N–H and O–H groups in total. The Kier molecular flexibility index (Phi) is 5.36. The maximum Gasteiger partial charge on any atom is 0.265 e. The molecule has 5 nitrogen and oxygen atoms in total. The molecule has 0 heterocycles. The first kappa shape index (κ1) is 16.5. The van der Waals surface area contributed by atoms with Crippen molar-refractivity contribution in [2.45, 2.75) is 20.0 Å². The number of ketones is 1. The highest BCUT2D eigenvalue weighted by atomic mass is 16.5. The Labute approximate surface area is 135 Å². The minimum Gasteiger partial charge on any atom is -0.497 e. The van der Waals surface area contributed by atoms with E-state index in [2.05, 4.69) is 5.32 Å². The van der Waals surface area contributed by atoms with Gasteiger partial charge in [-0.3, -0.25) is 9.59 Å². The third kappa shape index (κ3) is 4.57. The lowest BCUT2D eigenvalue weighted by atomic mass is 10.1. The van der Waals surface area contributed by atoms with Gasteiger partial charge in [0.05, 0.1) is 7.11 Å². The number of rotatable bonds is 6. The average molecular weight is 313 g/mol. The van der Waals surface area contributed by atoms with Crippen molar-refractivity contribution in [3.05, 3.63) is 54.1 Å². The number of Topliss-reactive ketones (excluding diaryl/α,β-unsaturated/α-hetero) is 1. The lowest BCUT2D eigenvalue weighted by Crippen LogP contribution is -2.30. The number of benzene rings is 2. The Balaban J connectivity index is 1.97. The lowest BCUT2D eigenvalue weighted by molar-refractivity contribution is -0.122. The molecule has 2 rings (SSSR count). The van der Waals surface area contributed by atoms with E-state index in [0.29, 0.717) is 22.7 Å². The highest BCUT2D eigenvalue weighted by Gasteiger charge is 2.15. The zero-order valence-corrected chi connectivity index (χ0v) is 13.3. The first-order valence-electron chi connectivity index (χ1n) is 7.22. The Morgan fingerprint density at radius 3 is 2.35 bits per heavy atom. The molecule has 0 unspecified atom stereocenters. The van der Waals surface area contributed by atoms with Crippen molar-refractivity contribution in [1.82, 2.24) is 0 Å². The number of amides is 1. The van der Waals surface area contributed by atoms with E-state index in [0.717, 1.165) is 0 Å². The van der Waals surface area contributed by atoms with Gasteiger partial charge in [-0.25, -0.2) is 0 Å². The SMILES string of the molecule is COc1cccc(NC(=O)[C@H](C)Oc2ccc(C(C)=O)cc2)c1. The highest BCUT2D eigenvalue weighted by Crippen LogP contribution is 2.18. The van der Waals surface area contributed by atoms with Gasteiger partial charge >= 0.3 is 0 Å². The first-order valence-corrected chi connectivity index (χ1v) is 7.22. The third-order valence-electron chi connectivity index (χ3n) is 3.28. The Bertz CT molecular complexity index is 694. The molecular weight excluding hydrogens is 294 g/mol. The summed E-state index contributed by atoms with van der Waals surface area (Å²) in [4.78, 5) is 23.4. The van der Waals surface area contributed by atoms with Gasteiger partial charge in [0.1, 0.15) is 11.5 Å². The number of carbonyl (C=O) groups is 2. The van der Waals surface area contributed by atoms with Crippen molar-refractivity contribution in [3.8, 4) is 11.5 Å². The maximum absolute atomic E-state index is 12.2. The molecule has 1 atom stereocenters. The van der Waals surface area contributed by atoms with E-state index < -0.39 is 6.10 Å². The van der Waals surface area contributed by atoms with E-state index in [4.69, 9.17) is 9.47 Å². The topological polar surface area (TPSA) is 64.6 Å². The minimum atomic E-state index is -0.677. The second kappa shape index (κ2) is 7.45. The van der Waals surface area contributed by atoms with Crippen molar-refractivity contribution < 1.29 is 19.1 Å². The molecule has 1 amide bonds. The quantitative estimate of drug-likeness (QED) is 0.831. The molecule has 0 fully saturated rings. The zero-order chi connectivity index (χ0) is 16.8. The van der Waals surface area contributed by atoms with Crippen LogP contribution in [0.3, 0.4) is 0 Å². The summed E-state index contributed by atoms with van der Waals surface area (Å²) in [6, 6.07) is 13.8. The van der Waals surface area contributed by atoms with Crippen LogP contribution >= 0.6 is 0 Å². The first-order chi connectivity index (χ1) is 11.0. The largest absolute Gasteiger partial charge is 0.497 e. The molecule has 0 aromatic heterocycles. The fraction of sp³-hybridized carbons (Fsp3) is 0.222. The van der Waals surface area contributed by atoms with E-state index >= 15 is 0 Å². The molecule has 5 heteroatoms. The van der Waals surface area contributed by atoms with Crippen LogP contribution in [-0.4, -0.2) is 24.9 Å².